The number of hydrogen-bond donors (Lipinski definition) is 1. The summed E-state index contributed by atoms with van der Waals surface area (Å²) < 4.78 is 5.17. The molecule has 1 aliphatic heterocycles. The first kappa shape index (κ1) is 16.3. The minimum atomic E-state index is -0.365. The van der Waals surface area contributed by atoms with E-state index >= 15 is 0 Å². The van der Waals surface area contributed by atoms with Crippen molar-refractivity contribution in [3.8, 4) is 0 Å². The third-order valence-corrected chi connectivity index (χ3v) is 3.79. The topological polar surface area (TPSA) is 41.6 Å². The van der Waals surface area contributed by atoms with Crippen LogP contribution in [0, 0.1) is 0 Å². The summed E-state index contributed by atoms with van der Waals surface area (Å²) in [6.45, 7) is 5.13. The number of nitrogens with one attached hydrogen (secondary N) is 1. The average Bonchev–Trinajstić information content (AvgIpc) is 2.47. The van der Waals surface area contributed by atoms with Crippen LogP contribution < -0.4 is 5.32 Å². The molecule has 0 amide bonds. The van der Waals surface area contributed by atoms with E-state index in [1.54, 1.807) is 24.3 Å². The molecule has 1 N–H and O–H groups in total. The van der Waals surface area contributed by atoms with Crippen LogP contribution in [0.15, 0.2) is 24.3 Å². The minimum Gasteiger partial charge on any atom is -0.461 e. The number of carbonyl (C=O) groups excluding carboxylic acids is 1. The highest BCUT2D eigenvalue weighted by molar-refractivity contribution is 6.35. The molecule has 6 heteroatoms. The van der Waals surface area contributed by atoms with E-state index in [-0.39, 0.29) is 5.97 Å². The summed E-state index contributed by atoms with van der Waals surface area (Å²) in [5.41, 5.74) is 0.736. The number of nitrogens with zero attached hydrogens (tertiary/aromatic N) is 1. The van der Waals surface area contributed by atoms with Gasteiger partial charge in [-0.25, -0.2) is 4.79 Å². The molecule has 0 aliphatic carbocycles. The number of rotatable bonds is 5. The maximum absolute atomic E-state index is 11.6. The lowest BCUT2D eigenvalue weighted by atomic mass is 10.2. The van der Waals surface area contributed by atoms with Gasteiger partial charge in [0.1, 0.15) is 6.61 Å². The molecule has 1 aromatic rings. The summed E-state index contributed by atoms with van der Waals surface area (Å²) in [4.78, 5) is 13.9. The van der Waals surface area contributed by atoms with Crippen LogP contribution in [-0.2, 0) is 9.53 Å². The highest BCUT2D eigenvalue weighted by Gasteiger charge is 2.09. The molecule has 0 spiro atoms. The van der Waals surface area contributed by atoms with Crippen LogP contribution in [0.1, 0.15) is 5.56 Å². The first-order valence-corrected chi connectivity index (χ1v) is 7.64. The molecular weight excluding hydrogens is 311 g/mol. The second-order valence-corrected chi connectivity index (χ2v) is 5.60. The SMILES string of the molecule is O=C(/C=C/c1ccc(Cl)cc1Cl)OCCN1CCNCC1. The molecule has 21 heavy (non-hydrogen) atoms. The van der Waals surface area contributed by atoms with Gasteiger partial charge in [0.25, 0.3) is 0 Å². The van der Waals surface area contributed by atoms with Crippen LogP contribution in [0.25, 0.3) is 6.08 Å². The quantitative estimate of drug-likeness (QED) is 0.666. The zero-order valence-corrected chi connectivity index (χ0v) is 13.2. The molecule has 1 saturated heterocycles. The van der Waals surface area contributed by atoms with Gasteiger partial charge in [-0.1, -0.05) is 29.3 Å². The minimum absolute atomic E-state index is 0.365. The Morgan fingerprint density at radius 3 is 2.81 bits per heavy atom. The Labute approximate surface area is 134 Å². The van der Waals surface area contributed by atoms with E-state index in [1.807, 2.05) is 0 Å². The van der Waals surface area contributed by atoms with E-state index in [1.165, 1.54) is 6.08 Å². The second-order valence-electron chi connectivity index (χ2n) is 4.76. The summed E-state index contributed by atoms with van der Waals surface area (Å²) in [6, 6.07) is 5.12. The van der Waals surface area contributed by atoms with E-state index in [0.29, 0.717) is 16.7 Å². The highest BCUT2D eigenvalue weighted by Crippen LogP contribution is 2.21. The molecule has 1 fully saturated rings. The predicted octanol–water partition coefficient (Wildman–Crippen LogP) is 2.46. The van der Waals surface area contributed by atoms with Crippen molar-refractivity contribution >= 4 is 35.2 Å². The normalized spacial score (nSPS) is 16.3. The standard InChI is InChI=1S/C15H18Cl2N2O2/c16-13-3-1-12(14(17)11-13)2-4-15(20)21-10-9-19-7-5-18-6-8-19/h1-4,11,18H,5-10H2/b4-2+. The summed E-state index contributed by atoms with van der Waals surface area (Å²) in [5.74, 6) is -0.365. The van der Waals surface area contributed by atoms with Gasteiger partial charge in [0.2, 0.25) is 0 Å². The molecule has 0 atom stereocenters. The fourth-order valence-corrected chi connectivity index (χ4v) is 2.52. The van der Waals surface area contributed by atoms with E-state index in [0.717, 1.165) is 38.3 Å². The fraction of sp³-hybridized carbons (Fsp3) is 0.400. The third-order valence-electron chi connectivity index (χ3n) is 3.22. The number of esters is 1. The molecule has 1 heterocycles. The number of ether oxygens (including phenoxy) is 1. The fourth-order valence-electron chi connectivity index (χ4n) is 2.05. The average molecular weight is 329 g/mol. The Morgan fingerprint density at radius 1 is 1.33 bits per heavy atom. The lowest BCUT2D eigenvalue weighted by Gasteiger charge is -2.26. The molecule has 0 bridgehead atoms. The second kappa shape index (κ2) is 8.39. The van der Waals surface area contributed by atoms with Gasteiger partial charge in [-0.05, 0) is 23.8 Å². The molecule has 0 radical (unpaired) electrons. The lowest BCUT2D eigenvalue weighted by molar-refractivity contribution is -0.138. The smallest absolute Gasteiger partial charge is 0.330 e. The molecule has 4 nitrogen and oxygen atoms in total. The number of benzene rings is 1. The Balaban J connectivity index is 1.74. The number of carbonyl (C=O) groups is 1. The number of piperazine rings is 1. The van der Waals surface area contributed by atoms with Gasteiger partial charge in [0.15, 0.2) is 0 Å². The summed E-state index contributed by atoms with van der Waals surface area (Å²) in [7, 11) is 0. The molecular formula is C15H18Cl2N2O2. The molecule has 0 aromatic heterocycles. The van der Waals surface area contributed by atoms with Gasteiger partial charge in [-0.3, -0.25) is 4.90 Å². The number of halogens is 2. The maximum atomic E-state index is 11.6. The van der Waals surface area contributed by atoms with Crippen LogP contribution in [0.3, 0.4) is 0 Å². The van der Waals surface area contributed by atoms with Crippen molar-refractivity contribution < 1.29 is 9.53 Å². The zero-order chi connectivity index (χ0) is 15.1. The molecule has 114 valence electrons. The van der Waals surface area contributed by atoms with E-state index in [2.05, 4.69) is 10.2 Å². The largest absolute Gasteiger partial charge is 0.461 e. The highest BCUT2D eigenvalue weighted by atomic mass is 35.5. The van der Waals surface area contributed by atoms with Crippen molar-refractivity contribution in [1.82, 2.24) is 10.2 Å². The van der Waals surface area contributed by atoms with Crippen molar-refractivity contribution in [3.05, 3.63) is 39.9 Å². The third kappa shape index (κ3) is 5.67. The van der Waals surface area contributed by atoms with E-state index < -0.39 is 0 Å². The van der Waals surface area contributed by atoms with Crippen LogP contribution in [-0.4, -0.2) is 50.2 Å². The Hall–Kier alpha value is -1.07. The van der Waals surface area contributed by atoms with Crippen LogP contribution >= 0.6 is 23.2 Å². The predicted molar refractivity (Wildman–Crippen MR) is 85.8 cm³/mol. The summed E-state index contributed by atoms with van der Waals surface area (Å²) >= 11 is 11.8. The molecule has 2 rings (SSSR count). The van der Waals surface area contributed by atoms with E-state index in [4.69, 9.17) is 27.9 Å². The van der Waals surface area contributed by atoms with Crippen LogP contribution in [0.4, 0.5) is 0 Å². The van der Waals surface area contributed by atoms with Gasteiger partial charge >= 0.3 is 5.97 Å². The lowest BCUT2D eigenvalue weighted by Crippen LogP contribution is -2.44. The monoisotopic (exact) mass is 328 g/mol. The van der Waals surface area contributed by atoms with E-state index in [9.17, 15) is 4.79 Å². The zero-order valence-electron chi connectivity index (χ0n) is 11.6. The van der Waals surface area contributed by atoms with Gasteiger partial charge in [0.05, 0.1) is 0 Å². The van der Waals surface area contributed by atoms with Crippen LogP contribution in [0.2, 0.25) is 10.0 Å². The molecule has 1 aromatic carbocycles. The van der Waals surface area contributed by atoms with Crippen molar-refractivity contribution in [2.24, 2.45) is 0 Å². The first-order valence-electron chi connectivity index (χ1n) is 6.88. The van der Waals surface area contributed by atoms with Crippen molar-refractivity contribution in [2.75, 3.05) is 39.3 Å². The van der Waals surface area contributed by atoms with Gasteiger partial charge in [-0.15, -0.1) is 0 Å². The Bertz CT molecular complexity index is 514. The Morgan fingerprint density at radius 2 is 2.10 bits per heavy atom. The first-order chi connectivity index (χ1) is 10.1. The maximum Gasteiger partial charge on any atom is 0.330 e. The van der Waals surface area contributed by atoms with Gasteiger partial charge in [-0.2, -0.15) is 0 Å². The molecule has 0 saturated carbocycles. The van der Waals surface area contributed by atoms with Gasteiger partial charge in [0, 0.05) is 48.8 Å². The van der Waals surface area contributed by atoms with Crippen LogP contribution in [0.5, 0.6) is 0 Å². The Kier molecular flexibility index (Phi) is 6.51. The number of hydrogen-bond acceptors (Lipinski definition) is 4. The molecule has 0 unspecified atom stereocenters. The van der Waals surface area contributed by atoms with Crippen molar-refractivity contribution in [1.29, 1.82) is 0 Å². The van der Waals surface area contributed by atoms with Gasteiger partial charge < -0.3 is 10.1 Å². The summed E-state index contributed by atoms with van der Waals surface area (Å²) in [6.07, 6.45) is 3.01. The van der Waals surface area contributed by atoms with Crippen molar-refractivity contribution in [2.45, 2.75) is 0 Å². The molecule has 1 aliphatic rings. The van der Waals surface area contributed by atoms with Crippen molar-refractivity contribution in [3.63, 3.8) is 0 Å². The summed E-state index contributed by atoms with van der Waals surface area (Å²) in [5, 5.41) is 4.35.